The second kappa shape index (κ2) is 9.66. The van der Waals surface area contributed by atoms with Crippen molar-refractivity contribution in [2.75, 3.05) is 17.7 Å². The Morgan fingerprint density at radius 1 is 1.33 bits per heavy atom. The third kappa shape index (κ3) is 5.51. The van der Waals surface area contributed by atoms with Crippen LogP contribution in [0.25, 0.3) is 0 Å². The molecule has 0 aliphatic rings. The summed E-state index contributed by atoms with van der Waals surface area (Å²) < 4.78 is 33.4. The first-order chi connectivity index (χ1) is 12.9. The fourth-order valence-corrected chi connectivity index (χ4v) is 2.44. The lowest BCUT2D eigenvalue weighted by Crippen LogP contribution is -2.17. The van der Waals surface area contributed by atoms with Crippen LogP contribution in [0.1, 0.15) is 41.6 Å². The number of halogens is 2. The summed E-state index contributed by atoms with van der Waals surface area (Å²) in [5, 5.41) is 2.43. The normalized spacial score (nSPS) is 10.5. The number of nitrogen functional groups attached to an aromatic ring is 1. The van der Waals surface area contributed by atoms with Gasteiger partial charge in [0.05, 0.1) is 17.9 Å². The maximum absolute atomic E-state index is 14.6. The summed E-state index contributed by atoms with van der Waals surface area (Å²) in [6.45, 7) is 5.50. The van der Waals surface area contributed by atoms with Gasteiger partial charge in [0.15, 0.2) is 11.6 Å². The molecular formula is C20H23F2N3O2. The number of amides is 1. The molecule has 1 aromatic heterocycles. The first-order valence-electron chi connectivity index (χ1n) is 8.70. The lowest BCUT2D eigenvalue weighted by molar-refractivity contribution is 0.102. The number of carbonyl (C=O) groups is 1. The summed E-state index contributed by atoms with van der Waals surface area (Å²) in [6.07, 6.45) is 5.56. The van der Waals surface area contributed by atoms with E-state index in [4.69, 9.17) is 10.5 Å². The maximum Gasteiger partial charge on any atom is 0.259 e. The number of hydrogen-bond acceptors (Lipinski definition) is 4. The van der Waals surface area contributed by atoms with Gasteiger partial charge in [-0.15, -0.1) is 6.58 Å². The molecule has 0 aliphatic heterocycles. The second-order valence-corrected chi connectivity index (χ2v) is 6.09. The number of pyridine rings is 1. The van der Waals surface area contributed by atoms with E-state index in [1.54, 1.807) is 6.07 Å². The van der Waals surface area contributed by atoms with Crippen LogP contribution in [0.15, 0.2) is 36.9 Å². The van der Waals surface area contributed by atoms with Crippen LogP contribution in [0.3, 0.4) is 0 Å². The van der Waals surface area contributed by atoms with E-state index in [0.29, 0.717) is 6.61 Å². The molecule has 0 bridgehead atoms. The monoisotopic (exact) mass is 375 g/mol. The van der Waals surface area contributed by atoms with Gasteiger partial charge in [-0.2, -0.15) is 4.39 Å². The number of ether oxygens (including phenoxy) is 1. The van der Waals surface area contributed by atoms with Gasteiger partial charge in [-0.25, -0.2) is 9.37 Å². The maximum atomic E-state index is 14.6. The Labute approximate surface area is 157 Å². The van der Waals surface area contributed by atoms with E-state index in [9.17, 15) is 13.6 Å². The zero-order valence-electron chi connectivity index (χ0n) is 15.2. The molecule has 0 saturated carbocycles. The highest BCUT2D eigenvalue weighted by Gasteiger charge is 2.17. The molecule has 0 unspecified atom stereocenters. The van der Waals surface area contributed by atoms with Gasteiger partial charge in [0.1, 0.15) is 5.82 Å². The molecule has 1 heterocycles. The summed E-state index contributed by atoms with van der Waals surface area (Å²) in [5.74, 6) is -2.31. The predicted molar refractivity (Wildman–Crippen MR) is 102 cm³/mol. The second-order valence-electron chi connectivity index (χ2n) is 6.09. The number of anilines is 2. The number of nitrogens with two attached hydrogens (primary N) is 1. The number of allylic oxidation sites excluding steroid dienone is 1. The van der Waals surface area contributed by atoms with E-state index in [1.165, 1.54) is 25.1 Å². The van der Waals surface area contributed by atoms with Gasteiger partial charge in [-0.05, 0) is 50.8 Å². The SMILES string of the molecule is C=CCCCCCOc1cccc(NC(=O)c2cc(C)c(F)nc2N)c1F. The van der Waals surface area contributed by atoms with Gasteiger partial charge in [0, 0.05) is 5.56 Å². The van der Waals surface area contributed by atoms with Crippen LogP contribution in [0.4, 0.5) is 20.3 Å². The summed E-state index contributed by atoms with van der Waals surface area (Å²) in [5.41, 5.74) is 5.69. The van der Waals surface area contributed by atoms with Gasteiger partial charge in [-0.3, -0.25) is 4.79 Å². The molecule has 0 radical (unpaired) electrons. The number of unbranched alkanes of at least 4 members (excludes halogenated alkanes) is 3. The summed E-state index contributed by atoms with van der Waals surface area (Å²) >= 11 is 0. The average Bonchev–Trinajstić information content (AvgIpc) is 2.63. The number of rotatable bonds is 9. The van der Waals surface area contributed by atoms with E-state index in [2.05, 4.69) is 16.9 Å². The molecule has 5 nitrogen and oxygen atoms in total. The molecule has 7 heteroatoms. The lowest BCUT2D eigenvalue weighted by atomic mass is 10.1. The molecule has 0 atom stereocenters. The highest BCUT2D eigenvalue weighted by atomic mass is 19.1. The molecule has 2 rings (SSSR count). The van der Waals surface area contributed by atoms with Crippen molar-refractivity contribution in [2.24, 2.45) is 0 Å². The Morgan fingerprint density at radius 3 is 2.85 bits per heavy atom. The minimum absolute atomic E-state index is 0.0261. The number of hydrogen-bond donors (Lipinski definition) is 2. The van der Waals surface area contributed by atoms with Gasteiger partial charge in [0.25, 0.3) is 5.91 Å². The number of aromatic nitrogens is 1. The van der Waals surface area contributed by atoms with Crippen LogP contribution in [-0.2, 0) is 0 Å². The molecule has 1 amide bonds. The van der Waals surface area contributed by atoms with Crippen LogP contribution in [0.5, 0.6) is 5.75 Å². The fraction of sp³-hybridized carbons (Fsp3) is 0.300. The van der Waals surface area contributed by atoms with Crippen LogP contribution in [0, 0.1) is 18.7 Å². The van der Waals surface area contributed by atoms with Crippen molar-refractivity contribution in [3.05, 3.63) is 59.8 Å². The summed E-state index contributed by atoms with van der Waals surface area (Å²) in [6, 6.07) is 5.74. The first-order valence-corrected chi connectivity index (χ1v) is 8.70. The van der Waals surface area contributed by atoms with Crippen molar-refractivity contribution >= 4 is 17.4 Å². The Hall–Kier alpha value is -2.96. The Kier molecular flexibility index (Phi) is 7.28. The van der Waals surface area contributed by atoms with Crippen molar-refractivity contribution in [2.45, 2.75) is 32.6 Å². The lowest BCUT2D eigenvalue weighted by Gasteiger charge is -2.12. The molecule has 0 saturated heterocycles. The first kappa shape index (κ1) is 20.4. The number of benzene rings is 1. The average molecular weight is 375 g/mol. The zero-order valence-corrected chi connectivity index (χ0v) is 15.2. The molecule has 144 valence electrons. The standard InChI is InChI=1S/C20H23F2N3O2/c1-3-4-5-6-7-11-27-16-10-8-9-15(17(16)21)24-20(26)14-12-13(2)18(22)25-19(14)23/h3,8-10,12H,1,4-7,11H2,2H3,(H2,23,25)(H,24,26). The topological polar surface area (TPSA) is 77.2 Å². The largest absolute Gasteiger partial charge is 0.490 e. The van der Waals surface area contributed by atoms with Gasteiger partial charge in [-0.1, -0.05) is 12.1 Å². The van der Waals surface area contributed by atoms with Gasteiger partial charge >= 0.3 is 0 Å². The van der Waals surface area contributed by atoms with Crippen LogP contribution >= 0.6 is 0 Å². The minimum atomic E-state index is -0.751. The van der Waals surface area contributed by atoms with Crippen LogP contribution in [0.2, 0.25) is 0 Å². The zero-order chi connectivity index (χ0) is 19.8. The highest BCUT2D eigenvalue weighted by molar-refractivity contribution is 6.07. The quantitative estimate of drug-likeness (QED) is 0.381. The highest BCUT2D eigenvalue weighted by Crippen LogP contribution is 2.26. The van der Waals surface area contributed by atoms with E-state index in [0.717, 1.165) is 25.7 Å². The minimum Gasteiger partial charge on any atom is -0.490 e. The molecular weight excluding hydrogens is 352 g/mol. The molecule has 1 aromatic carbocycles. The summed E-state index contributed by atoms with van der Waals surface area (Å²) in [4.78, 5) is 15.8. The molecule has 0 spiro atoms. The van der Waals surface area contributed by atoms with E-state index < -0.39 is 17.7 Å². The van der Waals surface area contributed by atoms with Crippen LogP contribution in [-0.4, -0.2) is 17.5 Å². The van der Waals surface area contributed by atoms with E-state index in [1.807, 2.05) is 6.08 Å². The number of aryl methyl sites for hydroxylation is 1. The van der Waals surface area contributed by atoms with Gasteiger partial charge in [0.2, 0.25) is 5.95 Å². The molecule has 27 heavy (non-hydrogen) atoms. The van der Waals surface area contributed by atoms with E-state index in [-0.39, 0.29) is 28.4 Å². The Morgan fingerprint density at radius 2 is 2.11 bits per heavy atom. The Bertz CT molecular complexity index is 825. The molecule has 0 fully saturated rings. The number of nitrogens with one attached hydrogen (secondary N) is 1. The molecule has 0 aliphatic carbocycles. The number of nitrogens with zero attached hydrogens (tertiary/aromatic N) is 1. The fourth-order valence-electron chi connectivity index (χ4n) is 2.44. The van der Waals surface area contributed by atoms with Crippen molar-refractivity contribution in [1.82, 2.24) is 4.98 Å². The Balaban J connectivity index is 2.03. The van der Waals surface area contributed by atoms with Crippen molar-refractivity contribution in [3.8, 4) is 5.75 Å². The predicted octanol–water partition coefficient (Wildman–Crippen LogP) is 4.63. The van der Waals surface area contributed by atoms with E-state index >= 15 is 0 Å². The number of carbonyl (C=O) groups excluding carboxylic acids is 1. The summed E-state index contributed by atoms with van der Waals surface area (Å²) in [7, 11) is 0. The van der Waals surface area contributed by atoms with Gasteiger partial charge < -0.3 is 15.8 Å². The van der Waals surface area contributed by atoms with Crippen molar-refractivity contribution in [1.29, 1.82) is 0 Å². The molecule has 3 N–H and O–H groups in total. The van der Waals surface area contributed by atoms with Crippen molar-refractivity contribution < 1.29 is 18.3 Å². The third-order valence-electron chi connectivity index (χ3n) is 3.95. The smallest absolute Gasteiger partial charge is 0.259 e. The third-order valence-corrected chi connectivity index (χ3v) is 3.95. The van der Waals surface area contributed by atoms with Crippen LogP contribution < -0.4 is 15.8 Å². The molecule has 2 aromatic rings. The van der Waals surface area contributed by atoms with Crippen molar-refractivity contribution in [3.63, 3.8) is 0 Å².